The zero-order valence-corrected chi connectivity index (χ0v) is 12.6. The van der Waals surface area contributed by atoms with E-state index >= 15 is 0 Å². The van der Waals surface area contributed by atoms with Gasteiger partial charge >= 0.3 is 12.0 Å². The van der Waals surface area contributed by atoms with Crippen LogP contribution in [0.4, 0.5) is 9.18 Å². The highest BCUT2D eigenvalue weighted by atomic mass is 19.1. The Labute approximate surface area is 123 Å². The van der Waals surface area contributed by atoms with Crippen molar-refractivity contribution in [2.24, 2.45) is 5.41 Å². The molecule has 116 valence electrons. The molecular formula is C15H21FN2O3. The van der Waals surface area contributed by atoms with Crippen molar-refractivity contribution >= 4 is 12.0 Å². The number of carboxylic acids is 1. The summed E-state index contributed by atoms with van der Waals surface area (Å²) >= 11 is 0. The van der Waals surface area contributed by atoms with Gasteiger partial charge in [-0.3, -0.25) is 0 Å². The van der Waals surface area contributed by atoms with E-state index in [0.717, 1.165) is 5.56 Å². The number of urea groups is 1. The molecule has 0 aliphatic carbocycles. The molecule has 3 N–H and O–H groups in total. The van der Waals surface area contributed by atoms with E-state index in [-0.39, 0.29) is 11.9 Å². The summed E-state index contributed by atoms with van der Waals surface area (Å²) in [7, 11) is 0. The summed E-state index contributed by atoms with van der Waals surface area (Å²) in [6, 6.07) is 3.81. The molecule has 1 rings (SSSR count). The van der Waals surface area contributed by atoms with Gasteiger partial charge in [0.25, 0.3) is 0 Å². The fourth-order valence-corrected chi connectivity index (χ4v) is 1.85. The summed E-state index contributed by atoms with van der Waals surface area (Å²) in [5.41, 5.74) is 0.122. The minimum atomic E-state index is -1.09. The standard InChI is InChI=1S/C15H21FN2O3/c1-9(10-5-7-11(16)8-6-10)17-14(21)18-12(13(19)20)15(2,3)4/h5-9,12H,1-4H3,(H,19,20)(H2,17,18,21). The SMILES string of the molecule is CC(NC(=O)NC(C(=O)O)C(C)(C)C)c1ccc(F)cc1. The molecule has 0 bridgehead atoms. The third-order valence-electron chi connectivity index (χ3n) is 3.11. The van der Waals surface area contributed by atoms with Crippen LogP contribution < -0.4 is 10.6 Å². The van der Waals surface area contributed by atoms with Gasteiger partial charge < -0.3 is 15.7 Å². The molecule has 0 fully saturated rings. The Morgan fingerprint density at radius 3 is 2.10 bits per heavy atom. The van der Waals surface area contributed by atoms with Gasteiger partial charge in [0.05, 0.1) is 6.04 Å². The lowest BCUT2D eigenvalue weighted by Gasteiger charge is -2.28. The molecule has 21 heavy (non-hydrogen) atoms. The number of carbonyl (C=O) groups excluding carboxylic acids is 1. The maximum absolute atomic E-state index is 12.8. The van der Waals surface area contributed by atoms with E-state index in [0.29, 0.717) is 0 Å². The number of rotatable bonds is 4. The maximum atomic E-state index is 12.8. The molecule has 0 heterocycles. The first kappa shape index (κ1) is 16.9. The highest BCUT2D eigenvalue weighted by Gasteiger charge is 2.32. The molecule has 0 saturated carbocycles. The molecule has 0 saturated heterocycles. The Morgan fingerprint density at radius 1 is 1.14 bits per heavy atom. The lowest BCUT2D eigenvalue weighted by atomic mass is 9.87. The summed E-state index contributed by atoms with van der Waals surface area (Å²) < 4.78 is 12.8. The van der Waals surface area contributed by atoms with Crippen LogP contribution in [0.5, 0.6) is 0 Å². The fourth-order valence-electron chi connectivity index (χ4n) is 1.85. The van der Waals surface area contributed by atoms with Gasteiger partial charge in [0.15, 0.2) is 0 Å². The number of carboxylic acid groups (broad SMARTS) is 1. The molecular weight excluding hydrogens is 275 g/mol. The van der Waals surface area contributed by atoms with Crippen molar-refractivity contribution in [3.05, 3.63) is 35.6 Å². The summed E-state index contributed by atoms with van der Waals surface area (Å²) in [6.45, 7) is 6.93. The Kier molecular flexibility index (Phi) is 5.29. The van der Waals surface area contributed by atoms with Gasteiger partial charge in [-0.25, -0.2) is 14.0 Å². The van der Waals surface area contributed by atoms with E-state index in [1.807, 2.05) is 0 Å². The van der Waals surface area contributed by atoms with Crippen LogP contribution in [0.25, 0.3) is 0 Å². The first-order chi connectivity index (χ1) is 9.61. The lowest BCUT2D eigenvalue weighted by molar-refractivity contribution is -0.141. The second-order valence-corrected chi connectivity index (χ2v) is 6.03. The van der Waals surface area contributed by atoms with Crippen LogP contribution in [0.3, 0.4) is 0 Å². The number of hydrogen-bond donors (Lipinski definition) is 3. The monoisotopic (exact) mass is 296 g/mol. The van der Waals surface area contributed by atoms with Crippen molar-refractivity contribution in [3.8, 4) is 0 Å². The van der Waals surface area contributed by atoms with Gasteiger partial charge in [-0.05, 0) is 30.0 Å². The zero-order valence-electron chi connectivity index (χ0n) is 12.6. The quantitative estimate of drug-likeness (QED) is 0.799. The van der Waals surface area contributed by atoms with Gasteiger partial charge in [0.1, 0.15) is 11.9 Å². The molecule has 0 aliphatic rings. The Hall–Kier alpha value is -2.11. The molecule has 5 nitrogen and oxygen atoms in total. The Balaban J connectivity index is 2.68. The first-order valence-corrected chi connectivity index (χ1v) is 6.66. The Bertz CT molecular complexity index is 509. The third kappa shape index (κ3) is 5.06. The largest absolute Gasteiger partial charge is 0.480 e. The topological polar surface area (TPSA) is 78.4 Å². The Morgan fingerprint density at radius 2 is 1.67 bits per heavy atom. The normalized spacial score (nSPS) is 14.1. The van der Waals surface area contributed by atoms with Crippen molar-refractivity contribution in [1.82, 2.24) is 10.6 Å². The minimum Gasteiger partial charge on any atom is -0.480 e. The van der Waals surface area contributed by atoms with Gasteiger partial charge in [-0.15, -0.1) is 0 Å². The number of benzene rings is 1. The molecule has 2 unspecified atom stereocenters. The molecule has 0 spiro atoms. The predicted molar refractivity (Wildman–Crippen MR) is 77.4 cm³/mol. The summed E-state index contributed by atoms with van der Waals surface area (Å²) in [5, 5.41) is 14.2. The van der Waals surface area contributed by atoms with Crippen LogP contribution in [0.1, 0.15) is 39.3 Å². The second kappa shape index (κ2) is 6.56. The smallest absolute Gasteiger partial charge is 0.326 e. The second-order valence-electron chi connectivity index (χ2n) is 6.03. The van der Waals surface area contributed by atoms with E-state index in [4.69, 9.17) is 5.11 Å². The predicted octanol–water partition coefficient (Wildman–Crippen LogP) is 2.69. The van der Waals surface area contributed by atoms with Gasteiger partial charge in [-0.1, -0.05) is 32.9 Å². The molecule has 2 amide bonds. The zero-order chi connectivity index (χ0) is 16.2. The van der Waals surface area contributed by atoms with Crippen LogP contribution in [0.15, 0.2) is 24.3 Å². The molecule has 0 aliphatic heterocycles. The van der Waals surface area contributed by atoms with E-state index in [2.05, 4.69) is 10.6 Å². The van der Waals surface area contributed by atoms with Crippen molar-refractivity contribution in [2.45, 2.75) is 39.8 Å². The van der Waals surface area contributed by atoms with Gasteiger partial charge in [0, 0.05) is 0 Å². The molecule has 0 radical (unpaired) electrons. The first-order valence-electron chi connectivity index (χ1n) is 6.66. The minimum absolute atomic E-state index is 0.353. The average molecular weight is 296 g/mol. The third-order valence-corrected chi connectivity index (χ3v) is 3.11. The van der Waals surface area contributed by atoms with E-state index in [1.165, 1.54) is 12.1 Å². The fraction of sp³-hybridized carbons (Fsp3) is 0.467. The van der Waals surface area contributed by atoms with E-state index < -0.39 is 23.5 Å². The van der Waals surface area contributed by atoms with Crippen molar-refractivity contribution in [1.29, 1.82) is 0 Å². The van der Waals surface area contributed by atoms with Crippen LogP contribution in [-0.4, -0.2) is 23.1 Å². The number of aliphatic carboxylic acids is 1. The van der Waals surface area contributed by atoms with Crippen molar-refractivity contribution in [2.75, 3.05) is 0 Å². The summed E-state index contributed by atoms with van der Waals surface area (Å²) in [5.74, 6) is -1.44. The molecule has 2 atom stereocenters. The number of halogens is 1. The van der Waals surface area contributed by atoms with E-state index in [1.54, 1.807) is 39.8 Å². The number of nitrogens with one attached hydrogen (secondary N) is 2. The molecule has 1 aromatic rings. The van der Waals surface area contributed by atoms with Gasteiger partial charge in [0.2, 0.25) is 0 Å². The lowest BCUT2D eigenvalue weighted by Crippen LogP contribution is -2.52. The highest BCUT2D eigenvalue weighted by Crippen LogP contribution is 2.19. The summed E-state index contributed by atoms with van der Waals surface area (Å²) in [6.07, 6.45) is 0. The van der Waals surface area contributed by atoms with Crippen molar-refractivity contribution < 1.29 is 19.1 Å². The molecule has 1 aromatic carbocycles. The van der Waals surface area contributed by atoms with Gasteiger partial charge in [-0.2, -0.15) is 0 Å². The van der Waals surface area contributed by atoms with Crippen LogP contribution in [0.2, 0.25) is 0 Å². The van der Waals surface area contributed by atoms with Crippen LogP contribution in [0, 0.1) is 11.2 Å². The number of hydrogen-bond acceptors (Lipinski definition) is 2. The maximum Gasteiger partial charge on any atom is 0.326 e. The van der Waals surface area contributed by atoms with Crippen LogP contribution in [-0.2, 0) is 4.79 Å². The van der Waals surface area contributed by atoms with E-state index in [9.17, 15) is 14.0 Å². The molecule has 0 aromatic heterocycles. The highest BCUT2D eigenvalue weighted by molar-refractivity contribution is 5.83. The molecule has 6 heteroatoms. The average Bonchev–Trinajstić information content (AvgIpc) is 2.35. The summed E-state index contributed by atoms with van der Waals surface area (Å²) in [4.78, 5) is 23.1. The number of amides is 2. The van der Waals surface area contributed by atoms with Crippen molar-refractivity contribution in [3.63, 3.8) is 0 Å². The van der Waals surface area contributed by atoms with Crippen LogP contribution >= 0.6 is 0 Å². The number of carbonyl (C=O) groups is 2.